The standard InChI is InChI=1S/C19H24N2O/c1-2-17-12-6-7-13-18(17)21-19(22)15-20-14-8-11-16-9-4-3-5-10-16/h3-7,9-10,12-13,20H,2,8,11,14-15H2,1H3,(H,21,22). The average molecular weight is 296 g/mol. The summed E-state index contributed by atoms with van der Waals surface area (Å²) in [5, 5.41) is 6.17. The van der Waals surface area contributed by atoms with E-state index in [0.29, 0.717) is 6.54 Å². The van der Waals surface area contributed by atoms with Crippen LogP contribution in [0.4, 0.5) is 5.69 Å². The Balaban J connectivity index is 1.65. The van der Waals surface area contributed by atoms with Crippen molar-refractivity contribution < 1.29 is 4.79 Å². The molecule has 116 valence electrons. The average Bonchev–Trinajstić information content (AvgIpc) is 2.56. The summed E-state index contributed by atoms with van der Waals surface area (Å²) >= 11 is 0. The molecule has 2 aromatic rings. The van der Waals surface area contributed by atoms with Gasteiger partial charge in [-0.05, 0) is 43.0 Å². The van der Waals surface area contributed by atoms with Crippen LogP contribution in [0.25, 0.3) is 0 Å². The second-order valence-corrected chi connectivity index (χ2v) is 5.32. The molecule has 2 aromatic carbocycles. The SMILES string of the molecule is CCc1ccccc1NC(=O)CNCCCc1ccccc1. The van der Waals surface area contributed by atoms with Gasteiger partial charge in [-0.15, -0.1) is 0 Å². The third kappa shape index (κ3) is 5.34. The van der Waals surface area contributed by atoms with E-state index >= 15 is 0 Å². The first-order valence-corrected chi connectivity index (χ1v) is 7.92. The van der Waals surface area contributed by atoms with E-state index in [0.717, 1.165) is 31.5 Å². The van der Waals surface area contributed by atoms with Gasteiger partial charge in [-0.2, -0.15) is 0 Å². The van der Waals surface area contributed by atoms with Crippen LogP contribution >= 0.6 is 0 Å². The summed E-state index contributed by atoms with van der Waals surface area (Å²) in [7, 11) is 0. The Kier molecular flexibility index (Phi) is 6.65. The molecule has 0 atom stereocenters. The minimum absolute atomic E-state index is 0.0145. The number of para-hydroxylation sites is 1. The maximum absolute atomic E-state index is 11.9. The number of nitrogens with one attached hydrogen (secondary N) is 2. The molecule has 0 aromatic heterocycles. The van der Waals surface area contributed by atoms with E-state index in [4.69, 9.17) is 0 Å². The minimum Gasteiger partial charge on any atom is -0.325 e. The van der Waals surface area contributed by atoms with Crippen LogP contribution in [0.15, 0.2) is 54.6 Å². The van der Waals surface area contributed by atoms with Crippen LogP contribution in [0.1, 0.15) is 24.5 Å². The zero-order valence-electron chi connectivity index (χ0n) is 13.1. The predicted molar refractivity (Wildman–Crippen MR) is 92.1 cm³/mol. The highest BCUT2D eigenvalue weighted by Gasteiger charge is 2.04. The molecule has 0 bridgehead atoms. The van der Waals surface area contributed by atoms with E-state index < -0.39 is 0 Å². The van der Waals surface area contributed by atoms with Gasteiger partial charge >= 0.3 is 0 Å². The minimum atomic E-state index is 0.0145. The fraction of sp³-hybridized carbons (Fsp3) is 0.316. The lowest BCUT2D eigenvalue weighted by molar-refractivity contribution is -0.115. The molecule has 1 amide bonds. The normalized spacial score (nSPS) is 10.4. The molecular formula is C19H24N2O. The van der Waals surface area contributed by atoms with Crippen molar-refractivity contribution in [3.8, 4) is 0 Å². The van der Waals surface area contributed by atoms with E-state index in [9.17, 15) is 4.79 Å². The molecule has 0 radical (unpaired) electrons. The molecule has 0 heterocycles. The third-order valence-corrected chi connectivity index (χ3v) is 3.62. The molecule has 0 aliphatic rings. The first kappa shape index (κ1) is 16.2. The number of carbonyl (C=O) groups is 1. The van der Waals surface area contributed by atoms with Crippen molar-refractivity contribution in [1.29, 1.82) is 0 Å². The molecule has 0 aliphatic carbocycles. The maximum atomic E-state index is 11.9. The molecule has 3 nitrogen and oxygen atoms in total. The van der Waals surface area contributed by atoms with Crippen molar-refractivity contribution in [2.45, 2.75) is 26.2 Å². The zero-order valence-corrected chi connectivity index (χ0v) is 13.1. The lowest BCUT2D eigenvalue weighted by Crippen LogP contribution is -2.29. The van der Waals surface area contributed by atoms with E-state index in [-0.39, 0.29) is 5.91 Å². The van der Waals surface area contributed by atoms with Crippen molar-refractivity contribution >= 4 is 11.6 Å². The largest absolute Gasteiger partial charge is 0.325 e. The molecule has 0 unspecified atom stereocenters. The third-order valence-electron chi connectivity index (χ3n) is 3.62. The molecule has 0 saturated heterocycles. The van der Waals surface area contributed by atoms with Crippen molar-refractivity contribution in [1.82, 2.24) is 5.32 Å². The molecule has 0 saturated carbocycles. The molecule has 2 N–H and O–H groups in total. The Bertz CT molecular complexity index is 581. The van der Waals surface area contributed by atoms with Crippen molar-refractivity contribution in [3.63, 3.8) is 0 Å². The van der Waals surface area contributed by atoms with Crippen LogP contribution in [0, 0.1) is 0 Å². The lowest BCUT2D eigenvalue weighted by Gasteiger charge is -2.10. The van der Waals surface area contributed by atoms with Gasteiger partial charge < -0.3 is 10.6 Å². The van der Waals surface area contributed by atoms with Crippen LogP contribution < -0.4 is 10.6 Å². The Morgan fingerprint density at radius 1 is 1.00 bits per heavy atom. The molecule has 2 rings (SSSR count). The number of rotatable bonds is 8. The number of aryl methyl sites for hydroxylation is 2. The van der Waals surface area contributed by atoms with Crippen molar-refractivity contribution in [3.05, 3.63) is 65.7 Å². The van der Waals surface area contributed by atoms with E-state index in [1.807, 2.05) is 30.3 Å². The van der Waals surface area contributed by atoms with Gasteiger partial charge in [0.2, 0.25) is 5.91 Å². The molecule has 0 spiro atoms. The molecule has 0 fully saturated rings. The molecule has 22 heavy (non-hydrogen) atoms. The quantitative estimate of drug-likeness (QED) is 0.733. The summed E-state index contributed by atoms with van der Waals surface area (Å²) in [5.41, 5.74) is 3.42. The zero-order chi connectivity index (χ0) is 15.6. The second-order valence-electron chi connectivity index (χ2n) is 5.32. The Morgan fingerprint density at radius 3 is 2.50 bits per heavy atom. The van der Waals surface area contributed by atoms with E-state index in [1.54, 1.807) is 0 Å². The highest BCUT2D eigenvalue weighted by Crippen LogP contribution is 2.14. The number of carbonyl (C=O) groups excluding carboxylic acids is 1. The summed E-state index contributed by atoms with van der Waals surface area (Å²) in [6.45, 7) is 3.29. The first-order chi connectivity index (χ1) is 10.8. The predicted octanol–water partition coefficient (Wildman–Crippen LogP) is 3.41. The summed E-state index contributed by atoms with van der Waals surface area (Å²) < 4.78 is 0. The summed E-state index contributed by atoms with van der Waals surface area (Å²) in [5.74, 6) is 0.0145. The number of hydrogen-bond acceptors (Lipinski definition) is 2. The van der Waals surface area contributed by atoms with Crippen LogP contribution in [0.5, 0.6) is 0 Å². The van der Waals surface area contributed by atoms with Crippen molar-refractivity contribution in [2.75, 3.05) is 18.4 Å². The highest BCUT2D eigenvalue weighted by atomic mass is 16.1. The molecule has 3 heteroatoms. The van der Waals surface area contributed by atoms with Gasteiger partial charge in [-0.3, -0.25) is 4.79 Å². The monoisotopic (exact) mass is 296 g/mol. The Hall–Kier alpha value is -2.13. The van der Waals surface area contributed by atoms with Gasteiger partial charge in [0.05, 0.1) is 6.54 Å². The molecule has 0 aliphatic heterocycles. The summed E-state index contributed by atoms with van der Waals surface area (Å²) in [6.07, 6.45) is 2.98. The number of amides is 1. The number of benzene rings is 2. The van der Waals surface area contributed by atoms with Gasteiger partial charge in [0.15, 0.2) is 0 Å². The van der Waals surface area contributed by atoms with Crippen LogP contribution in [0.3, 0.4) is 0 Å². The van der Waals surface area contributed by atoms with E-state index in [1.165, 1.54) is 11.1 Å². The number of anilines is 1. The highest BCUT2D eigenvalue weighted by molar-refractivity contribution is 5.92. The first-order valence-electron chi connectivity index (χ1n) is 7.92. The fourth-order valence-corrected chi connectivity index (χ4v) is 2.41. The van der Waals surface area contributed by atoms with Gasteiger partial charge in [0.25, 0.3) is 0 Å². The van der Waals surface area contributed by atoms with E-state index in [2.05, 4.69) is 41.8 Å². The summed E-state index contributed by atoms with van der Waals surface area (Å²) in [6, 6.07) is 18.3. The second kappa shape index (κ2) is 9.00. The Labute approximate surface area is 132 Å². The maximum Gasteiger partial charge on any atom is 0.238 e. The number of hydrogen-bond donors (Lipinski definition) is 2. The van der Waals surface area contributed by atoms with Crippen LogP contribution in [-0.2, 0) is 17.6 Å². The van der Waals surface area contributed by atoms with Gasteiger partial charge in [-0.25, -0.2) is 0 Å². The Morgan fingerprint density at radius 2 is 1.73 bits per heavy atom. The fourth-order valence-electron chi connectivity index (χ4n) is 2.41. The lowest BCUT2D eigenvalue weighted by atomic mass is 10.1. The van der Waals surface area contributed by atoms with Gasteiger partial charge in [-0.1, -0.05) is 55.5 Å². The van der Waals surface area contributed by atoms with Gasteiger partial charge in [0, 0.05) is 5.69 Å². The van der Waals surface area contributed by atoms with Gasteiger partial charge in [0.1, 0.15) is 0 Å². The molecular weight excluding hydrogens is 272 g/mol. The smallest absolute Gasteiger partial charge is 0.238 e. The summed E-state index contributed by atoms with van der Waals surface area (Å²) in [4.78, 5) is 11.9. The van der Waals surface area contributed by atoms with Crippen molar-refractivity contribution in [2.24, 2.45) is 0 Å². The van der Waals surface area contributed by atoms with Crippen LogP contribution in [0.2, 0.25) is 0 Å². The topological polar surface area (TPSA) is 41.1 Å². The van der Waals surface area contributed by atoms with Crippen LogP contribution in [-0.4, -0.2) is 19.0 Å².